The molecule has 1 fully saturated rings. The summed E-state index contributed by atoms with van der Waals surface area (Å²) >= 11 is 1.47. The van der Waals surface area contributed by atoms with Gasteiger partial charge in [-0.1, -0.05) is 30.3 Å². The van der Waals surface area contributed by atoms with Gasteiger partial charge in [-0.15, -0.1) is 11.3 Å². The molecule has 4 rings (SSSR count). The fraction of sp³-hybridized carbons (Fsp3) is 0.261. The molecular weight excluding hydrogens is 398 g/mol. The number of nitrogens with zero attached hydrogens (tertiary/aromatic N) is 2. The molecule has 30 heavy (non-hydrogen) atoms. The summed E-state index contributed by atoms with van der Waals surface area (Å²) in [6, 6.07) is 13.4. The van der Waals surface area contributed by atoms with Crippen molar-refractivity contribution in [1.29, 1.82) is 0 Å². The highest BCUT2D eigenvalue weighted by molar-refractivity contribution is 7.13. The molecule has 1 aromatic carbocycles. The van der Waals surface area contributed by atoms with Crippen molar-refractivity contribution in [3.63, 3.8) is 0 Å². The summed E-state index contributed by atoms with van der Waals surface area (Å²) in [5.74, 6) is 0.871. The second kappa shape index (κ2) is 9.54. The predicted molar refractivity (Wildman–Crippen MR) is 117 cm³/mol. The van der Waals surface area contributed by atoms with Gasteiger partial charge < -0.3 is 14.6 Å². The minimum Gasteiger partial charge on any atom is -0.465 e. The normalized spacial score (nSPS) is 14.9. The molecule has 0 unspecified atom stereocenters. The van der Waals surface area contributed by atoms with Gasteiger partial charge in [0.25, 0.3) is 5.91 Å². The molecule has 1 saturated heterocycles. The summed E-state index contributed by atoms with van der Waals surface area (Å²) in [5.41, 5.74) is 1.47. The number of carbonyl (C=O) groups is 2. The molecule has 1 N–H and O–H groups in total. The Kier molecular flexibility index (Phi) is 6.39. The Bertz CT molecular complexity index is 1000. The van der Waals surface area contributed by atoms with Crippen LogP contribution in [0, 0.1) is 5.92 Å². The lowest BCUT2D eigenvalue weighted by atomic mass is 9.96. The van der Waals surface area contributed by atoms with Crippen molar-refractivity contribution in [3.05, 3.63) is 71.6 Å². The highest BCUT2D eigenvalue weighted by Gasteiger charge is 2.22. The second-order valence-corrected chi connectivity index (χ2v) is 8.09. The van der Waals surface area contributed by atoms with Gasteiger partial charge in [-0.3, -0.25) is 9.59 Å². The van der Waals surface area contributed by atoms with E-state index in [1.54, 1.807) is 29.9 Å². The van der Waals surface area contributed by atoms with Crippen molar-refractivity contribution < 1.29 is 14.0 Å². The van der Waals surface area contributed by atoms with Crippen LogP contribution >= 0.6 is 11.3 Å². The fourth-order valence-corrected chi connectivity index (χ4v) is 4.23. The van der Waals surface area contributed by atoms with Crippen molar-refractivity contribution in [1.82, 2.24) is 15.2 Å². The molecular formula is C23H23N3O3S. The van der Waals surface area contributed by atoms with E-state index in [0.717, 1.165) is 23.4 Å². The molecule has 1 aliphatic heterocycles. The molecule has 154 valence electrons. The summed E-state index contributed by atoms with van der Waals surface area (Å²) in [4.78, 5) is 31.0. The van der Waals surface area contributed by atoms with Crippen LogP contribution in [0.25, 0.3) is 16.6 Å². The Morgan fingerprint density at radius 1 is 1.17 bits per heavy atom. The van der Waals surface area contributed by atoms with Gasteiger partial charge in [0.2, 0.25) is 5.91 Å². The second-order valence-electron chi connectivity index (χ2n) is 7.23. The van der Waals surface area contributed by atoms with Crippen molar-refractivity contribution in [3.8, 4) is 10.6 Å². The van der Waals surface area contributed by atoms with Crippen molar-refractivity contribution in [2.45, 2.75) is 12.8 Å². The molecule has 0 aliphatic carbocycles. The third-order valence-corrected chi connectivity index (χ3v) is 6.06. The lowest BCUT2D eigenvalue weighted by molar-refractivity contribution is -0.127. The number of thiazole rings is 1. The number of furan rings is 1. The van der Waals surface area contributed by atoms with E-state index in [-0.39, 0.29) is 11.8 Å². The highest BCUT2D eigenvalue weighted by atomic mass is 32.1. The molecule has 3 aromatic rings. The van der Waals surface area contributed by atoms with Gasteiger partial charge in [-0.2, -0.15) is 0 Å². The molecule has 0 saturated carbocycles. The van der Waals surface area contributed by atoms with E-state index < -0.39 is 0 Å². The first-order valence-electron chi connectivity index (χ1n) is 9.98. The summed E-state index contributed by atoms with van der Waals surface area (Å²) in [6.07, 6.45) is 6.55. The van der Waals surface area contributed by atoms with Gasteiger partial charge in [0.15, 0.2) is 0 Å². The molecule has 2 aromatic heterocycles. The van der Waals surface area contributed by atoms with Crippen LogP contribution in [0.2, 0.25) is 0 Å². The quantitative estimate of drug-likeness (QED) is 0.609. The molecule has 0 spiro atoms. The van der Waals surface area contributed by atoms with Crippen molar-refractivity contribution >= 4 is 29.2 Å². The Morgan fingerprint density at radius 2 is 1.97 bits per heavy atom. The number of likely N-dealkylation sites (tertiary alicyclic amines) is 1. The van der Waals surface area contributed by atoms with E-state index >= 15 is 0 Å². The zero-order valence-electron chi connectivity index (χ0n) is 16.5. The Hall–Kier alpha value is -3.19. The number of nitrogens with one attached hydrogen (secondary N) is 1. The third kappa shape index (κ3) is 5.04. The van der Waals surface area contributed by atoms with Crippen LogP contribution < -0.4 is 5.32 Å². The maximum atomic E-state index is 12.5. The van der Waals surface area contributed by atoms with E-state index in [2.05, 4.69) is 10.3 Å². The zero-order chi connectivity index (χ0) is 20.8. The molecule has 3 heterocycles. The van der Waals surface area contributed by atoms with Gasteiger partial charge in [-0.05, 0) is 37.0 Å². The van der Waals surface area contributed by atoms with Gasteiger partial charge in [0, 0.05) is 36.7 Å². The SMILES string of the molecule is O=C(NCC1CCN(C(=O)C=Cc2ccco2)CC1)c1csc(-c2ccccc2)n1. The third-order valence-electron chi connectivity index (χ3n) is 5.17. The standard InChI is InChI=1S/C23H23N3O3S/c27-21(9-8-19-7-4-14-29-19)26-12-10-17(11-13-26)15-24-22(28)20-16-30-23(25-20)18-5-2-1-3-6-18/h1-9,14,16-17H,10-13,15H2,(H,24,28). The van der Waals surface area contributed by atoms with Gasteiger partial charge in [0.05, 0.1) is 6.26 Å². The summed E-state index contributed by atoms with van der Waals surface area (Å²) in [5, 5.41) is 5.64. The van der Waals surface area contributed by atoms with Crippen LogP contribution in [0.5, 0.6) is 0 Å². The average Bonchev–Trinajstić information content (AvgIpc) is 3.49. The highest BCUT2D eigenvalue weighted by Crippen LogP contribution is 2.23. The molecule has 7 heteroatoms. The maximum absolute atomic E-state index is 12.5. The maximum Gasteiger partial charge on any atom is 0.270 e. The predicted octanol–water partition coefficient (Wildman–Crippen LogP) is 4.08. The van der Waals surface area contributed by atoms with Crippen molar-refractivity contribution in [2.24, 2.45) is 5.92 Å². The number of amides is 2. The smallest absolute Gasteiger partial charge is 0.270 e. The number of carbonyl (C=O) groups excluding carboxylic acids is 2. The fourth-order valence-electron chi connectivity index (χ4n) is 3.42. The average molecular weight is 422 g/mol. The van der Waals surface area contributed by atoms with Gasteiger partial charge in [-0.25, -0.2) is 4.98 Å². The summed E-state index contributed by atoms with van der Waals surface area (Å²) in [7, 11) is 0. The van der Waals surface area contributed by atoms with Crippen LogP contribution in [0.3, 0.4) is 0 Å². The van der Waals surface area contributed by atoms with E-state index in [4.69, 9.17) is 4.42 Å². The first-order valence-corrected chi connectivity index (χ1v) is 10.9. The Labute approximate surface area is 179 Å². The largest absolute Gasteiger partial charge is 0.465 e. The number of rotatable bonds is 6. The number of hydrogen-bond donors (Lipinski definition) is 1. The van der Waals surface area contributed by atoms with E-state index in [9.17, 15) is 9.59 Å². The molecule has 2 amide bonds. The summed E-state index contributed by atoms with van der Waals surface area (Å²) < 4.78 is 5.20. The number of hydrogen-bond acceptors (Lipinski definition) is 5. The van der Waals surface area contributed by atoms with Crippen LogP contribution in [-0.2, 0) is 4.79 Å². The Morgan fingerprint density at radius 3 is 2.70 bits per heavy atom. The van der Waals surface area contributed by atoms with Crippen LogP contribution in [0.1, 0.15) is 29.1 Å². The monoisotopic (exact) mass is 421 g/mol. The first-order chi connectivity index (χ1) is 14.7. The molecule has 0 atom stereocenters. The topological polar surface area (TPSA) is 75.4 Å². The minimum absolute atomic E-state index is 0.00944. The van der Waals surface area contributed by atoms with Crippen molar-refractivity contribution in [2.75, 3.05) is 19.6 Å². The molecule has 0 bridgehead atoms. The zero-order valence-corrected chi connectivity index (χ0v) is 17.3. The van der Waals surface area contributed by atoms with Crippen LogP contribution in [-0.4, -0.2) is 41.3 Å². The van der Waals surface area contributed by atoms with Gasteiger partial charge in [0.1, 0.15) is 16.5 Å². The molecule has 1 aliphatic rings. The van der Waals surface area contributed by atoms with E-state index in [1.807, 2.05) is 41.3 Å². The number of aromatic nitrogens is 1. The van der Waals surface area contributed by atoms with E-state index in [0.29, 0.717) is 37.0 Å². The van der Waals surface area contributed by atoms with Crippen LogP contribution in [0.15, 0.2) is 64.6 Å². The van der Waals surface area contributed by atoms with Gasteiger partial charge >= 0.3 is 0 Å². The Balaban J connectivity index is 1.22. The first kappa shape index (κ1) is 20.1. The lowest BCUT2D eigenvalue weighted by Crippen LogP contribution is -2.41. The van der Waals surface area contributed by atoms with E-state index in [1.165, 1.54) is 11.3 Å². The summed E-state index contributed by atoms with van der Waals surface area (Å²) in [6.45, 7) is 1.98. The molecule has 6 nitrogen and oxygen atoms in total. The molecule has 0 radical (unpaired) electrons. The lowest BCUT2D eigenvalue weighted by Gasteiger charge is -2.31. The van der Waals surface area contributed by atoms with Crippen LogP contribution in [0.4, 0.5) is 0 Å². The minimum atomic E-state index is -0.145. The number of piperidine rings is 1. The number of benzene rings is 1.